The Morgan fingerprint density at radius 1 is 1.17 bits per heavy atom. The van der Waals surface area contributed by atoms with E-state index in [0.29, 0.717) is 0 Å². The van der Waals surface area contributed by atoms with E-state index in [1.165, 1.54) is 11.1 Å². The minimum absolute atomic E-state index is 0.514. The predicted molar refractivity (Wildman–Crippen MR) is 93.3 cm³/mol. The molecule has 1 N–H and O–H groups in total. The number of rotatable bonds is 3. The first-order chi connectivity index (χ1) is 11.7. The van der Waals surface area contributed by atoms with Crippen LogP contribution in [-0.4, -0.2) is 31.3 Å². The summed E-state index contributed by atoms with van der Waals surface area (Å²) >= 11 is 0. The van der Waals surface area contributed by atoms with Crippen molar-refractivity contribution in [1.82, 2.24) is 19.7 Å². The van der Waals surface area contributed by atoms with E-state index in [-0.39, 0.29) is 0 Å². The Labute approximate surface area is 141 Å². The zero-order valence-corrected chi connectivity index (χ0v) is 13.9. The molecule has 5 heteroatoms. The number of aromatic nitrogens is 3. The molecule has 4 rings (SSSR count). The predicted octanol–water partition coefficient (Wildman–Crippen LogP) is 2.89. The molecular formula is C19H22N4O. The summed E-state index contributed by atoms with van der Waals surface area (Å²) in [6, 6.07) is 14.5. The maximum atomic E-state index is 9.75. The molecular weight excluding hydrogens is 300 g/mol. The molecule has 0 saturated heterocycles. The fourth-order valence-corrected chi connectivity index (χ4v) is 3.32. The molecule has 1 atom stereocenters. The summed E-state index contributed by atoms with van der Waals surface area (Å²) in [6.07, 6.45) is 0.543. The van der Waals surface area contributed by atoms with Crippen LogP contribution in [0.25, 0.3) is 10.9 Å². The zero-order chi connectivity index (χ0) is 16.5. The van der Waals surface area contributed by atoms with Gasteiger partial charge in [0.2, 0.25) is 0 Å². The highest BCUT2D eigenvalue weighted by molar-refractivity contribution is 5.78. The van der Waals surface area contributed by atoms with Gasteiger partial charge in [0.15, 0.2) is 0 Å². The summed E-state index contributed by atoms with van der Waals surface area (Å²) in [6.45, 7) is 5.37. The van der Waals surface area contributed by atoms with Crippen LogP contribution in [0.4, 0.5) is 0 Å². The van der Waals surface area contributed by atoms with Crippen LogP contribution >= 0.6 is 0 Å². The van der Waals surface area contributed by atoms with E-state index >= 15 is 0 Å². The van der Waals surface area contributed by atoms with Crippen molar-refractivity contribution in [2.24, 2.45) is 0 Å². The highest BCUT2D eigenvalue weighted by Gasteiger charge is 2.18. The van der Waals surface area contributed by atoms with Crippen molar-refractivity contribution < 1.29 is 5.11 Å². The molecule has 1 aromatic carbocycles. The van der Waals surface area contributed by atoms with Gasteiger partial charge in [-0.1, -0.05) is 24.3 Å². The molecule has 1 aliphatic heterocycles. The van der Waals surface area contributed by atoms with Crippen molar-refractivity contribution in [2.75, 3.05) is 6.54 Å². The van der Waals surface area contributed by atoms with Crippen LogP contribution in [0.15, 0.2) is 42.5 Å². The number of pyridine rings is 1. The number of benzene rings is 1. The standard InChI is InChI=1S/C19H22N4O/c1-14(24)19-11-17-13-22(9-4-10-23(17)21-19)12-16-8-7-15-5-2-3-6-18(15)20-16/h2-3,5-8,11,14,24H,4,9-10,12-13H2,1H3. The molecule has 2 aromatic heterocycles. The third-order valence-corrected chi connectivity index (χ3v) is 4.58. The SMILES string of the molecule is CC(O)c1cc2n(n1)CCCN(Cc1ccc3ccccc3n1)C2. The number of aryl methyl sites for hydroxylation is 1. The van der Waals surface area contributed by atoms with Gasteiger partial charge < -0.3 is 5.11 Å². The number of nitrogens with zero attached hydrogens (tertiary/aromatic N) is 4. The highest BCUT2D eigenvalue weighted by Crippen LogP contribution is 2.20. The lowest BCUT2D eigenvalue weighted by Crippen LogP contribution is -2.23. The van der Waals surface area contributed by atoms with Crippen molar-refractivity contribution in [2.45, 2.75) is 39.1 Å². The maximum absolute atomic E-state index is 9.75. The van der Waals surface area contributed by atoms with Crippen molar-refractivity contribution >= 4 is 10.9 Å². The van der Waals surface area contributed by atoms with Gasteiger partial charge in [0.1, 0.15) is 0 Å². The normalized spacial score (nSPS) is 16.8. The summed E-state index contributed by atoms with van der Waals surface area (Å²) in [5, 5.41) is 15.4. The average Bonchev–Trinajstić information content (AvgIpc) is 2.89. The molecule has 24 heavy (non-hydrogen) atoms. The van der Waals surface area contributed by atoms with Crippen LogP contribution in [0.1, 0.15) is 36.5 Å². The average molecular weight is 322 g/mol. The minimum Gasteiger partial charge on any atom is -0.387 e. The van der Waals surface area contributed by atoms with Crippen LogP contribution in [-0.2, 0) is 19.6 Å². The lowest BCUT2D eigenvalue weighted by Gasteiger charge is -2.19. The van der Waals surface area contributed by atoms with Crippen molar-refractivity contribution in [3.05, 3.63) is 59.5 Å². The Hall–Kier alpha value is -2.24. The first-order valence-corrected chi connectivity index (χ1v) is 8.51. The van der Waals surface area contributed by atoms with E-state index in [9.17, 15) is 5.11 Å². The van der Waals surface area contributed by atoms with Crippen LogP contribution in [0, 0.1) is 0 Å². The number of aliphatic hydroxyl groups is 1. The second-order valence-electron chi connectivity index (χ2n) is 6.52. The fraction of sp³-hybridized carbons (Fsp3) is 0.368. The number of hydrogen-bond donors (Lipinski definition) is 1. The van der Waals surface area contributed by atoms with Gasteiger partial charge in [0.25, 0.3) is 0 Å². The summed E-state index contributed by atoms with van der Waals surface area (Å²) in [5.74, 6) is 0. The third kappa shape index (κ3) is 3.05. The molecule has 124 valence electrons. The number of aliphatic hydroxyl groups excluding tert-OH is 1. The summed E-state index contributed by atoms with van der Waals surface area (Å²) in [4.78, 5) is 7.19. The molecule has 0 fully saturated rings. The van der Waals surface area contributed by atoms with Crippen molar-refractivity contribution in [3.8, 4) is 0 Å². The van der Waals surface area contributed by atoms with E-state index in [4.69, 9.17) is 4.98 Å². The first-order valence-electron chi connectivity index (χ1n) is 8.51. The molecule has 0 amide bonds. The molecule has 0 radical (unpaired) electrons. The Morgan fingerprint density at radius 2 is 2.04 bits per heavy atom. The Morgan fingerprint density at radius 3 is 2.92 bits per heavy atom. The topological polar surface area (TPSA) is 54.2 Å². The Kier molecular flexibility index (Phi) is 4.04. The molecule has 1 unspecified atom stereocenters. The summed E-state index contributed by atoms with van der Waals surface area (Å²) < 4.78 is 2.04. The van der Waals surface area contributed by atoms with Gasteiger partial charge in [-0.3, -0.25) is 14.6 Å². The van der Waals surface area contributed by atoms with Crippen molar-refractivity contribution in [1.29, 1.82) is 0 Å². The molecule has 3 heterocycles. The molecule has 3 aromatic rings. The molecule has 0 aliphatic carbocycles. The number of fused-ring (bicyclic) bond motifs is 2. The fourth-order valence-electron chi connectivity index (χ4n) is 3.32. The van der Waals surface area contributed by atoms with Gasteiger partial charge in [-0.2, -0.15) is 5.10 Å². The molecule has 1 aliphatic rings. The molecule has 5 nitrogen and oxygen atoms in total. The van der Waals surface area contributed by atoms with Crippen LogP contribution in [0.3, 0.4) is 0 Å². The number of para-hydroxylation sites is 1. The lowest BCUT2D eigenvalue weighted by molar-refractivity contribution is 0.193. The van der Waals surface area contributed by atoms with Gasteiger partial charge in [-0.25, -0.2) is 0 Å². The Balaban J connectivity index is 1.54. The molecule has 0 bridgehead atoms. The monoisotopic (exact) mass is 322 g/mol. The van der Waals surface area contributed by atoms with Gasteiger partial charge in [0.05, 0.1) is 28.7 Å². The van der Waals surface area contributed by atoms with Gasteiger partial charge in [0, 0.05) is 31.6 Å². The number of hydrogen-bond acceptors (Lipinski definition) is 4. The van der Waals surface area contributed by atoms with E-state index in [0.717, 1.165) is 49.5 Å². The lowest BCUT2D eigenvalue weighted by atomic mass is 10.2. The second kappa shape index (κ2) is 6.34. The third-order valence-electron chi connectivity index (χ3n) is 4.58. The van der Waals surface area contributed by atoms with E-state index < -0.39 is 6.10 Å². The van der Waals surface area contributed by atoms with Crippen LogP contribution in [0.2, 0.25) is 0 Å². The largest absolute Gasteiger partial charge is 0.387 e. The quantitative estimate of drug-likeness (QED) is 0.805. The molecule has 0 spiro atoms. The van der Waals surface area contributed by atoms with E-state index in [2.05, 4.69) is 34.3 Å². The summed E-state index contributed by atoms with van der Waals surface area (Å²) in [5.41, 5.74) is 4.07. The highest BCUT2D eigenvalue weighted by atomic mass is 16.3. The summed E-state index contributed by atoms with van der Waals surface area (Å²) in [7, 11) is 0. The minimum atomic E-state index is -0.514. The van der Waals surface area contributed by atoms with E-state index in [1.807, 2.05) is 22.9 Å². The van der Waals surface area contributed by atoms with Gasteiger partial charge >= 0.3 is 0 Å². The maximum Gasteiger partial charge on any atom is 0.0950 e. The van der Waals surface area contributed by atoms with E-state index in [1.54, 1.807) is 6.92 Å². The van der Waals surface area contributed by atoms with Crippen LogP contribution < -0.4 is 0 Å². The van der Waals surface area contributed by atoms with Crippen molar-refractivity contribution in [3.63, 3.8) is 0 Å². The first kappa shape index (κ1) is 15.3. The zero-order valence-electron chi connectivity index (χ0n) is 13.9. The second-order valence-corrected chi connectivity index (χ2v) is 6.52. The van der Waals surface area contributed by atoms with Crippen LogP contribution in [0.5, 0.6) is 0 Å². The smallest absolute Gasteiger partial charge is 0.0950 e. The molecule has 0 saturated carbocycles. The Bertz CT molecular complexity index is 855. The van der Waals surface area contributed by atoms with Gasteiger partial charge in [-0.15, -0.1) is 0 Å². The van der Waals surface area contributed by atoms with Gasteiger partial charge in [-0.05, 0) is 31.5 Å².